The zero-order valence-electron chi connectivity index (χ0n) is 33.4. The van der Waals surface area contributed by atoms with Gasteiger partial charge in [0.05, 0.1) is 16.6 Å². The van der Waals surface area contributed by atoms with E-state index < -0.39 is 5.41 Å². The maximum Gasteiger partial charge on any atom is 0.0794 e. The molecule has 284 valence electrons. The van der Waals surface area contributed by atoms with E-state index in [1.165, 1.54) is 119 Å². The first-order chi connectivity index (χ1) is 30.8. The van der Waals surface area contributed by atoms with Crippen LogP contribution < -0.4 is 0 Å². The fourth-order valence-electron chi connectivity index (χ4n) is 12.0. The van der Waals surface area contributed by atoms with Crippen molar-refractivity contribution >= 4 is 85.5 Å². The average molecular weight is 800 g/mol. The van der Waals surface area contributed by atoms with Gasteiger partial charge in [0.2, 0.25) is 0 Å². The highest BCUT2D eigenvalue weighted by Crippen LogP contribution is 2.64. The van der Waals surface area contributed by atoms with Gasteiger partial charge >= 0.3 is 0 Å². The number of hydrogen-bond donors (Lipinski definition) is 0. The van der Waals surface area contributed by atoms with E-state index in [4.69, 9.17) is 4.98 Å². The molecule has 0 atom stereocenters. The standard InChI is InChI=1S/C60H33NS/c1-5-21-47-39(14-1)40-15-2-6-22-48(40)60(47)49-23-7-3-16-43(49)55-41(18-11-24-50(55)60)42-19-10-20-45-56-46(30-31-52-57(56)44-17-4-8-25-51(44)62-52)58(61-59(42)45)38-32-36-28-26-34-12-9-13-35-27-29-37(33-38)54(36)53(34)35/h1-33H. The molecule has 1 nitrogen and oxygen atoms in total. The second-order valence-electron chi connectivity index (χ2n) is 17.2. The summed E-state index contributed by atoms with van der Waals surface area (Å²) in [4.78, 5) is 5.90. The number of benzene rings is 11. The van der Waals surface area contributed by atoms with Crippen LogP contribution in [0, 0.1) is 0 Å². The Kier molecular flexibility index (Phi) is 6.30. The van der Waals surface area contributed by atoms with Crippen LogP contribution in [-0.2, 0) is 5.41 Å². The van der Waals surface area contributed by atoms with Gasteiger partial charge in [0.1, 0.15) is 0 Å². The molecule has 15 rings (SSSR count). The first kappa shape index (κ1) is 33.1. The molecule has 11 aromatic carbocycles. The Bertz CT molecular complexity index is 4000. The summed E-state index contributed by atoms with van der Waals surface area (Å²) >= 11 is 1.88. The van der Waals surface area contributed by atoms with Gasteiger partial charge in [-0.3, -0.25) is 0 Å². The van der Waals surface area contributed by atoms with Gasteiger partial charge in [0.25, 0.3) is 0 Å². The highest BCUT2D eigenvalue weighted by atomic mass is 32.1. The molecule has 0 saturated carbocycles. The quantitative estimate of drug-likeness (QED) is 0.159. The lowest BCUT2D eigenvalue weighted by Gasteiger charge is -2.30. The summed E-state index contributed by atoms with van der Waals surface area (Å²) in [6.07, 6.45) is 0. The molecule has 2 aromatic heterocycles. The lowest BCUT2D eigenvalue weighted by atomic mass is 9.70. The van der Waals surface area contributed by atoms with Crippen molar-refractivity contribution in [2.75, 3.05) is 0 Å². The average Bonchev–Trinajstić information content (AvgIpc) is 3.97. The summed E-state index contributed by atoms with van der Waals surface area (Å²) in [5.41, 5.74) is 15.8. The van der Waals surface area contributed by atoms with Crippen LogP contribution in [0.5, 0.6) is 0 Å². The molecule has 13 aromatic rings. The Labute approximate surface area is 361 Å². The predicted octanol–water partition coefficient (Wildman–Crippen LogP) is 16.3. The summed E-state index contributed by atoms with van der Waals surface area (Å²) in [7, 11) is 0. The highest BCUT2D eigenvalue weighted by molar-refractivity contribution is 7.26. The molecule has 0 bridgehead atoms. The Morgan fingerprint density at radius 3 is 1.65 bits per heavy atom. The number of pyridine rings is 1. The van der Waals surface area contributed by atoms with Gasteiger partial charge in [0.15, 0.2) is 0 Å². The molecule has 2 aliphatic rings. The summed E-state index contributed by atoms with van der Waals surface area (Å²) in [6.45, 7) is 0. The minimum Gasteiger partial charge on any atom is -0.246 e. The molecular weight excluding hydrogens is 767 g/mol. The van der Waals surface area contributed by atoms with Gasteiger partial charge in [-0.1, -0.05) is 176 Å². The maximum absolute atomic E-state index is 5.90. The van der Waals surface area contributed by atoms with Crippen molar-refractivity contribution in [1.29, 1.82) is 0 Å². The molecule has 0 unspecified atom stereocenters. The lowest BCUT2D eigenvalue weighted by Crippen LogP contribution is -2.25. The summed E-state index contributed by atoms with van der Waals surface area (Å²) in [6, 6.07) is 75.3. The number of nitrogens with zero attached hydrogens (tertiary/aromatic N) is 1. The third-order valence-electron chi connectivity index (χ3n) is 14.4. The number of hydrogen-bond acceptors (Lipinski definition) is 2. The molecule has 0 saturated heterocycles. The Hall–Kier alpha value is -7.65. The second kappa shape index (κ2) is 11.8. The van der Waals surface area contributed by atoms with Crippen LogP contribution in [0.1, 0.15) is 22.3 Å². The fraction of sp³-hybridized carbons (Fsp3) is 0.0167. The zero-order valence-corrected chi connectivity index (χ0v) is 34.2. The van der Waals surface area contributed by atoms with Gasteiger partial charge in [-0.25, -0.2) is 4.98 Å². The fourth-order valence-corrected chi connectivity index (χ4v) is 13.1. The molecule has 0 fully saturated rings. The maximum atomic E-state index is 5.90. The molecule has 0 amide bonds. The Morgan fingerprint density at radius 2 is 0.887 bits per heavy atom. The number of fused-ring (bicyclic) bond motifs is 17. The van der Waals surface area contributed by atoms with Crippen LogP contribution in [-0.4, -0.2) is 4.98 Å². The minimum absolute atomic E-state index is 0.420. The van der Waals surface area contributed by atoms with Gasteiger partial charge in [0, 0.05) is 47.5 Å². The molecule has 62 heavy (non-hydrogen) atoms. The molecule has 0 aliphatic heterocycles. The minimum atomic E-state index is -0.420. The van der Waals surface area contributed by atoms with Crippen molar-refractivity contribution in [3.05, 3.63) is 222 Å². The van der Waals surface area contributed by atoms with Gasteiger partial charge < -0.3 is 0 Å². The van der Waals surface area contributed by atoms with E-state index >= 15 is 0 Å². The van der Waals surface area contributed by atoms with E-state index in [1.54, 1.807) is 0 Å². The SMILES string of the molecule is c1ccc2c(c1)-c1ccccc1C21c2ccccc2-c2c(-c3cccc4c3nc(-c3cc5ccc6cccc7ccc(c3)c5c67)c3ccc5sc6ccccc6c5c34)cccc21. The summed E-state index contributed by atoms with van der Waals surface area (Å²) in [5.74, 6) is 0. The van der Waals surface area contributed by atoms with Crippen molar-refractivity contribution in [3.8, 4) is 44.6 Å². The molecule has 2 heteroatoms. The largest absolute Gasteiger partial charge is 0.246 e. The zero-order chi connectivity index (χ0) is 40.3. The van der Waals surface area contributed by atoms with Crippen molar-refractivity contribution in [3.63, 3.8) is 0 Å². The Balaban J connectivity index is 1.08. The molecule has 0 N–H and O–H groups in total. The third kappa shape index (κ3) is 4.02. The van der Waals surface area contributed by atoms with Crippen LogP contribution in [0.4, 0.5) is 0 Å². The number of thiophene rings is 1. The topological polar surface area (TPSA) is 12.9 Å². The van der Waals surface area contributed by atoms with Crippen molar-refractivity contribution in [2.24, 2.45) is 0 Å². The molecule has 2 aliphatic carbocycles. The van der Waals surface area contributed by atoms with E-state index in [9.17, 15) is 0 Å². The van der Waals surface area contributed by atoms with Crippen LogP contribution in [0.2, 0.25) is 0 Å². The number of rotatable bonds is 2. The van der Waals surface area contributed by atoms with Crippen LogP contribution in [0.3, 0.4) is 0 Å². The van der Waals surface area contributed by atoms with Crippen molar-refractivity contribution < 1.29 is 0 Å². The van der Waals surface area contributed by atoms with E-state index in [0.717, 1.165) is 22.3 Å². The van der Waals surface area contributed by atoms with E-state index in [0.29, 0.717) is 0 Å². The normalized spacial score (nSPS) is 13.6. The van der Waals surface area contributed by atoms with Crippen LogP contribution in [0.25, 0.3) is 119 Å². The summed E-state index contributed by atoms with van der Waals surface area (Å²) < 4.78 is 2.61. The first-order valence-corrected chi connectivity index (χ1v) is 22.4. The van der Waals surface area contributed by atoms with E-state index in [2.05, 4.69) is 200 Å². The van der Waals surface area contributed by atoms with Crippen molar-refractivity contribution in [1.82, 2.24) is 4.98 Å². The molecule has 1 spiro atoms. The second-order valence-corrected chi connectivity index (χ2v) is 18.3. The predicted molar refractivity (Wildman–Crippen MR) is 263 cm³/mol. The molecule has 0 radical (unpaired) electrons. The van der Waals surface area contributed by atoms with Gasteiger partial charge in [-0.2, -0.15) is 0 Å². The number of para-hydroxylation sites is 1. The van der Waals surface area contributed by atoms with Gasteiger partial charge in [-0.05, 0) is 107 Å². The Morgan fingerprint density at radius 1 is 0.339 bits per heavy atom. The summed E-state index contributed by atoms with van der Waals surface area (Å²) in [5, 5.41) is 14.0. The van der Waals surface area contributed by atoms with Crippen LogP contribution >= 0.6 is 11.3 Å². The van der Waals surface area contributed by atoms with Crippen LogP contribution in [0.15, 0.2) is 200 Å². The third-order valence-corrected chi connectivity index (χ3v) is 15.5. The highest BCUT2D eigenvalue weighted by Gasteiger charge is 2.52. The lowest BCUT2D eigenvalue weighted by molar-refractivity contribution is 0.794. The van der Waals surface area contributed by atoms with E-state index in [-0.39, 0.29) is 0 Å². The molecular formula is C60H33NS. The monoisotopic (exact) mass is 799 g/mol. The smallest absolute Gasteiger partial charge is 0.0794 e. The van der Waals surface area contributed by atoms with Crippen molar-refractivity contribution in [2.45, 2.75) is 5.41 Å². The van der Waals surface area contributed by atoms with Gasteiger partial charge in [-0.15, -0.1) is 11.3 Å². The first-order valence-electron chi connectivity index (χ1n) is 21.5. The van der Waals surface area contributed by atoms with E-state index in [1.807, 2.05) is 11.3 Å². The molecule has 2 heterocycles. The number of aromatic nitrogens is 1.